The molecule has 0 aliphatic heterocycles. The second kappa shape index (κ2) is 5.01. The van der Waals surface area contributed by atoms with Crippen LogP contribution in [0.25, 0.3) is 10.9 Å². The van der Waals surface area contributed by atoms with Crippen molar-refractivity contribution >= 4 is 10.9 Å². The predicted octanol–water partition coefficient (Wildman–Crippen LogP) is 3.42. The van der Waals surface area contributed by atoms with Crippen molar-refractivity contribution in [1.82, 2.24) is 9.88 Å². The lowest BCUT2D eigenvalue weighted by Gasteiger charge is -2.18. The minimum Gasteiger partial charge on any atom is -0.350 e. The summed E-state index contributed by atoms with van der Waals surface area (Å²) in [5, 5.41) is 4.94. The minimum atomic E-state index is 0.708. The molecule has 2 aromatic rings. The van der Waals surface area contributed by atoms with Gasteiger partial charge in [-0.1, -0.05) is 24.6 Å². The molecule has 3 rings (SSSR count). The number of para-hydroxylation sites is 1. The Morgan fingerprint density at radius 3 is 2.95 bits per heavy atom. The molecule has 1 aromatic carbocycles. The first kappa shape index (κ1) is 12.7. The molecule has 0 saturated heterocycles. The molecule has 2 atom stereocenters. The molecule has 1 aliphatic rings. The van der Waals surface area contributed by atoms with E-state index in [2.05, 4.69) is 55.3 Å². The number of rotatable bonds is 3. The highest BCUT2D eigenvalue weighted by Crippen LogP contribution is 2.32. The van der Waals surface area contributed by atoms with Crippen LogP contribution in [0.3, 0.4) is 0 Å². The third-order valence-corrected chi connectivity index (χ3v) is 4.80. The van der Waals surface area contributed by atoms with E-state index in [4.69, 9.17) is 0 Å². The van der Waals surface area contributed by atoms with Gasteiger partial charge in [-0.15, -0.1) is 0 Å². The van der Waals surface area contributed by atoms with Crippen LogP contribution in [-0.2, 0) is 13.5 Å². The van der Waals surface area contributed by atoms with Gasteiger partial charge >= 0.3 is 0 Å². The Kier molecular flexibility index (Phi) is 3.36. The molecule has 1 heterocycles. The van der Waals surface area contributed by atoms with Crippen LogP contribution in [0.5, 0.6) is 0 Å². The SMILES string of the molecule is CNC1CCCC1Cc1cn(C)c2c(C)cccc12. The molecule has 0 radical (unpaired) electrons. The van der Waals surface area contributed by atoms with Crippen molar-refractivity contribution in [3.8, 4) is 0 Å². The Hall–Kier alpha value is -1.28. The van der Waals surface area contributed by atoms with Gasteiger partial charge in [0.05, 0.1) is 5.52 Å². The Balaban J connectivity index is 1.95. The summed E-state index contributed by atoms with van der Waals surface area (Å²) < 4.78 is 2.29. The Bertz CT molecular complexity index is 582. The van der Waals surface area contributed by atoms with Crippen LogP contribution < -0.4 is 5.32 Å². The van der Waals surface area contributed by atoms with Crippen molar-refractivity contribution < 1.29 is 0 Å². The smallest absolute Gasteiger partial charge is 0.0510 e. The van der Waals surface area contributed by atoms with Crippen LogP contribution in [0.2, 0.25) is 0 Å². The zero-order chi connectivity index (χ0) is 13.4. The lowest BCUT2D eigenvalue weighted by atomic mass is 9.94. The molecule has 1 aliphatic carbocycles. The first-order valence-corrected chi connectivity index (χ1v) is 7.41. The van der Waals surface area contributed by atoms with Crippen LogP contribution in [0.4, 0.5) is 0 Å². The van der Waals surface area contributed by atoms with Crippen molar-refractivity contribution in [3.05, 3.63) is 35.5 Å². The number of fused-ring (bicyclic) bond motifs is 1. The largest absolute Gasteiger partial charge is 0.350 e. The number of aryl methyl sites for hydroxylation is 2. The maximum Gasteiger partial charge on any atom is 0.0510 e. The number of hydrogen-bond acceptors (Lipinski definition) is 1. The first-order valence-electron chi connectivity index (χ1n) is 7.41. The van der Waals surface area contributed by atoms with E-state index in [0.717, 1.165) is 5.92 Å². The number of nitrogens with one attached hydrogen (secondary N) is 1. The topological polar surface area (TPSA) is 17.0 Å². The third-order valence-electron chi connectivity index (χ3n) is 4.80. The Morgan fingerprint density at radius 1 is 1.32 bits per heavy atom. The van der Waals surface area contributed by atoms with Gasteiger partial charge in [-0.3, -0.25) is 0 Å². The standard InChI is InChI=1S/C17H24N2/c1-12-6-4-8-15-14(11-19(3)17(12)15)10-13-7-5-9-16(13)18-2/h4,6,8,11,13,16,18H,5,7,9-10H2,1-3H3. The number of hydrogen-bond donors (Lipinski definition) is 1. The van der Waals surface area contributed by atoms with Crippen LogP contribution in [0.15, 0.2) is 24.4 Å². The van der Waals surface area contributed by atoms with Gasteiger partial charge in [0.1, 0.15) is 0 Å². The summed E-state index contributed by atoms with van der Waals surface area (Å²) in [6, 6.07) is 7.38. The van der Waals surface area contributed by atoms with E-state index < -0.39 is 0 Å². The molecule has 19 heavy (non-hydrogen) atoms. The second-order valence-corrected chi connectivity index (χ2v) is 6.03. The van der Waals surface area contributed by atoms with Gasteiger partial charge in [0.25, 0.3) is 0 Å². The molecule has 2 heteroatoms. The molecule has 1 N–H and O–H groups in total. The molecule has 1 fully saturated rings. The van der Waals surface area contributed by atoms with E-state index in [1.807, 2.05) is 0 Å². The van der Waals surface area contributed by atoms with Crippen LogP contribution >= 0.6 is 0 Å². The van der Waals surface area contributed by atoms with E-state index in [1.165, 1.54) is 47.7 Å². The molecule has 2 nitrogen and oxygen atoms in total. The molecule has 0 amide bonds. The van der Waals surface area contributed by atoms with Crippen molar-refractivity contribution in [2.75, 3.05) is 7.05 Å². The minimum absolute atomic E-state index is 0.708. The van der Waals surface area contributed by atoms with Crippen molar-refractivity contribution in [2.45, 2.75) is 38.6 Å². The fourth-order valence-corrected chi connectivity index (χ4v) is 3.86. The highest BCUT2D eigenvalue weighted by atomic mass is 14.9. The Morgan fingerprint density at radius 2 is 2.16 bits per heavy atom. The van der Waals surface area contributed by atoms with E-state index in [9.17, 15) is 0 Å². The first-order chi connectivity index (χ1) is 9.20. The highest BCUT2D eigenvalue weighted by Gasteiger charge is 2.26. The van der Waals surface area contributed by atoms with Gasteiger partial charge in [-0.05, 0) is 50.3 Å². The number of benzene rings is 1. The predicted molar refractivity (Wildman–Crippen MR) is 81.5 cm³/mol. The average molecular weight is 256 g/mol. The quantitative estimate of drug-likeness (QED) is 0.890. The van der Waals surface area contributed by atoms with E-state index in [1.54, 1.807) is 0 Å². The van der Waals surface area contributed by atoms with E-state index in [-0.39, 0.29) is 0 Å². The van der Waals surface area contributed by atoms with Gasteiger partial charge in [0.15, 0.2) is 0 Å². The highest BCUT2D eigenvalue weighted by molar-refractivity contribution is 5.86. The van der Waals surface area contributed by atoms with Gasteiger partial charge in [-0.2, -0.15) is 0 Å². The summed E-state index contributed by atoms with van der Waals surface area (Å²) in [6.45, 7) is 2.21. The zero-order valence-corrected chi connectivity index (χ0v) is 12.2. The molecular formula is C17H24N2. The molecule has 1 aromatic heterocycles. The van der Waals surface area contributed by atoms with Gasteiger partial charge < -0.3 is 9.88 Å². The van der Waals surface area contributed by atoms with Gasteiger partial charge in [-0.25, -0.2) is 0 Å². The zero-order valence-electron chi connectivity index (χ0n) is 12.2. The van der Waals surface area contributed by atoms with Gasteiger partial charge in [0.2, 0.25) is 0 Å². The van der Waals surface area contributed by atoms with Crippen molar-refractivity contribution in [3.63, 3.8) is 0 Å². The summed E-state index contributed by atoms with van der Waals surface area (Å²) in [5.74, 6) is 0.802. The second-order valence-electron chi connectivity index (χ2n) is 6.03. The van der Waals surface area contributed by atoms with E-state index >= 15 is 0 Å². The Labute approximate surface area is 115 Å². The lowest BCUT2D eigenvalue weighted by Crippen LogP contribution is -2.29. The van der Waals surface area contributed by atoms with E-state index in [0.29, 0.717) is 6.04 Å². The fourth-order valence-electron chi connectivity index (χ4n) is 3.86. The summed E-state index contributed by atoms with van der Waals surface area (Å²) >= 11 is 0. The third kappa shape index (κ3) is 2.18. The normalized spacial score (nSPS) is 23.3. The van der Waals surface area contributed by atoms with Crippen molar-refractivity contribution in [1.29, 1.82) is 0 Å². The molecule has 2 unspecified atom stereocenters. The molecule has 0 bridgehead atoms. The summed E-state index contributed by atoms with van der Waals surface area (Å²) in [7, 11) is 4.28. The summed E-state index contributed by atoms with van der Waals surface area (Å²) in [6.07, 6.45) is 7.63. The van der Waals surface area contributed by atoms with Crippen LogP contribution in [-0.4, -0.2) is 17.7 Å². The molecule has 0 spiro atoms. The van der Waals surface area contributed by atoms with Gasteiger partial charge in [0, 0.05) is 24.7 Å². The fraction of sp³-hybridized carbons (Fsp3) is 0.529. The molecular weight excluding hydrogens is 232 g/mol. The average Bonchev–Trinajstić information content (AvgIpc) is 2.96. The van der Waals surface area contributed by atoms with Crippen LogP contribution in [0.1, 0.15) is 30.4 Å². The van der Waals surface area contributed by atoms with Crippen molar-refractivity contribution in [2.24, 2.45) is 13.0 Å². The maximum atomic E-state index is 3.49. The number of nitrogens with zero attached hydrogens (tertiary/aromatic N) is 1. The summed E-state index contributed by atoms with van der Waals surface area (Å²) in [5.41, 5.74) is 4.30. The molecule has 102 valence electrons. The van der Waals surface area contributed by atoms with Crippen LogP contribution in [0, 0.1) is 12.8 Å². The summed E-state index contributed by atoms with van der Waals surface area (Å²) in [4.78, 5) is 0. The number of aromatic nitrogens is 1. The molecule has 1 saturated carbocycles. The monoisotopic (exact) mass is 256 g/mol. The lowest BCUT2D eigenvalue weighted by molar-refractivity contribution is 0.424. The maximum absolute atomic E-state index is 3.49.